The highest BCUT2D eigenvalue weighted by molar-refractivity contribution is 5.66. The summed E-state index contributed by atoms with van der Waals surface area (Å²) in [5.41, 5.74) is 1.62. The van der Waals surface area contributed by atoms with E-state index < -0.39 is 12.4 Å². The quantitative estimate of drug-likeness (QED) is 0.899. The van der Waals surface area contributed by atoms with Crippen molar-refractivity contribution in [3.05, 3.63) is 29.6 Å². The van der Waals surface area contributed by atoms with Crippen LogP contribution in [-0.4, -0.2) is 40.8 Å². The smallest absolute Gasteiger partial charge is 0.407 e. The number of pyridine rings is 1. The van der Waals surface area contributed by atoms with Gasteiger partial charge in [-0.2, -0.15) is 0 Å². The van der Waals surface area contributed by atoms with Crippen molar-refractivity contribution in [3.8, 4) is 0 Å². The van der Waals surface area contributed by atoms with Gasteiger partial charge in [-0.1, -0.05) is 6.07 Å². The average molecular weight is 278 g/mol. The molecule has 0 aromatic carbocycles. The lowest BCUT2D eigenvalue weighted by Gasteiger charge is -2.34. The van der Waals surface area contributed by atoms with Crippen LogP contribution in [0.25, 0.3) is 0 Å². The van der Waals surface area contributed by atoms with Crippen molar-refractivity contribution in [3.63, 3.8) is 0 Å². The largest absolute Gasteiger partial charge is 0.465 e. The van der Waals surface area contributed by atoms with Crippen LogP contribution >= 0.6 is 0 Å². The number of aromatic nitrogens is 1. The molecule has 0 spiro atoms. The molecule has 6 heteroatoms. The third-order valence-corrected chi connectivity index (χ3v) is 3.81. The molecular formula is C14H18N2O4. The van der Waals surface area contributed by atoms with Gasteiger partial charge in [0.25, 0.3) is 0 Å². The summed E-state index contributed by atoms with van der Waals surface area (Å²) in [5, 5.41) is 9.36. The van der Waals surface area contributed by atoms with Crippen molar-refractivity contribution in [1.82, 2.24) is 9.88 Å². The molecule has 2 aliphatic heterocycles. The molecule has 0 radical (unpaired) electrons. The Morgan fingerprint density at radius 3 is 2.90 bits per heavy atom. The number of piperidine rings is 1. The maximum absolute atomic E-state index is 11.4. The van der Waals surface area contributed by atoms with Crippen molar-refractivity contribution >= 4 is 6.09 Å². The summed E-state index contributed by atoms with van der Waals surface area (Å²) < 4.78 is 11.1. The number of rotatable bonds is 2. The average Bonchev–Trinajstić information content (AvgIpc) is 3.01. The van der Waals surface area contributed by atoms with E-state index in [1.807, 2.05) is 12.1 Å². The Bertz CT molecular complexity index is 488. The highest BCUT2D eigenvalue weighted by Crippen LogP contribution is 2.35. The zero-order valence-electron chi connectivity index (χ0n) is 11.2. The minimum absolute atomic E-state index is 0.203. The standard InChI is InChI=1S/C14H18N2O4/c17-14(18)16-7-2-1-5-11(16)12-10(4-3-6-15-12)13-19-8-9-20-13/h3-4,6,11,13H,1-2,5,7-9H2,(H,17,18). The van der Waals surface area contributed by atoms with Crippen molar-refractivity contribution in [2.24, 2.45) is 0 Å². The second-order valence-electron chi connectivity index (χ2n) is 5.04. The van der Waals surface area contributed by atoms with E-state index in [0.29, 0.717) is 19.8 Å². The Kier molecular flexibility index (Phi) is 3.84. The molecule has 2 saturated heterocycles. The van der Waals surface area contributed by atoms with E-state index >= 15 is 0 Å². The van der Waals surface area contributed by atoms with Crippen LogP contribution in [0.2, 0.25) is 0 Å². The van der Waals surface area contributed by atoms with Crippen LogP contribution in [0.5, 0.6) is 0 Å². The maximum Gasteiger partial charge on any atom is 0.407 e. The lowest BCUT2D eigenvalue weighted by atomic mass is 9.96. The predicted octanol–water partition coefficient (Wildman–Crippen LogP) is 2.33. The molecule has 3 heterocycles. The fourth-order valence-electron chi connectivity index (χ4n) is 2.89. The fourth-order valence-corrected chi connectivity index (χ4v) is 2.89. The lowest BCUT2D eigenvalue weighted by Crippen LogP contribution is -2.38. The van der Waals surface area contributed by atoms with Crippen LogP contribution in [0.1, 0.15) is 42.9 Å². The van der Waals surface area contributed by atoms with Gasteiger partial charge in [0.2, 0.25) is 0 Å². The van der Waals surface area contributed by atoms with E-state index in [1.54, 1.807) is 6.20 Å². The molecule has 1 atom stereocenters. The Morgan fingerprint density at radius 1 is 1.35 bits per heavy atom. The van der Waals surface area contributed by atoms with Gasteiger partial charge in [0.05, 0.1) is 24.9 Å². The van der Waals surface area contributed by atoms with Gasteiger partial charge in [0.15, 0.2) is 6.29 Å². The number of amides is 1. The van der Waals surface area contributed by atoms with Crippen LogP contribution < -0.4 is 0 Å². The Labute approximate surface area is 117 Å². The van der Waals surface area contributed by atoms with Gasteiger partial charge in [-0.15, -0.1) is 0 Å². The molecule has 20 heavy (non-hydrogen) atoms. The molecule has 1 unspecified atom stereocenters. The molecule has 2 fully saturated rings. The third kappa shape index (κ3) is 2.48. The zero-order chi connectivity index (χ0) is 13.9. The van der Waals surface area contributed by atoms with E-state index in [4.69, 9.17) is 9.47 Å². The number of carboxylic acid groups (broad SMARTS) is 1. The van der Waals surface area contributed by atoms with E-state index in [2.05, 4.69) is 4.98 Å². The first-order chi connectivity index (χ1) is 9.77. The molecule has 108 valence electrons. The number of ether oxygens (including phenoxy) is 2. The molecule has 1 amide bonds. The van der Waals surface area contributed by atoms with Crippen LogP contribution in [0, 0.1) is 0 Å². The minimum Gasteiger partial charge on any atom is -0.465 e. The predicted molar refractivity (Wildman–Crippen MR) is 70.2 cm³/mol. The normalized spacial score (nSPS) is 24.0. The van der Waals surface area contributed by atoms with Gasteiger partial charge in [-0.25, -0.2) is 4.79 Å². The zero-order valence-corrected chi connectivity index (χ0v) is 11.2. The summed E-state index contributed by atoms with van der Waals surface area (Å²) in [6, 6.07) is 3.54. The van der Waals surface area contributed by atoms with Crippen LogP contribution in [-0.2, 0) is 9.47 Å². The number of nitrogens with zero attached hydrogens (tertiary/aromatic N) is 2. The molecule has 1 aromatic rings. The van der Waals surface area contributed by atoms with Gasteiger partial charge in [-0.05, 0) is 25.3 Å². The SMILES string of the molecule is O=C(O)N1CCCCC1c1ncccc1C1OCCO1. The Morgan fingerprint density at radius 2 is 2.15 bits per heavy atom. The van der Waals surface area contributed by atoms with E-state index in [9.17, 15) is 9.90 Å². The highest BCUT2D eigenvalue weighted by atomic mass is 16.7. The molecule has 2 aliphatic rings. The molecule has 3 rings (SSSR count). The molecule has 0 saturated carbocycles. The summed E-state index contributed by atoms with van der Waals surface area (Å²) >= 11 is 0. The van der Waals surface area contributed by atoms with Gasteiger partial charge in [0, 0.05) is 18.3 Å². The molecule has 0 bridgehead atoms. The number of likely N-dealkylation sites (tertiary alicyclic amines) is 1. The lowest BCUT2D eigenvalue weighted by molar-refractivity contribution is -0.0460. The van der Waals surface area contributed by atoms with E-state index in [0.717, 1.165) is 30.5 Å². The van der Waals surface area contributed by atoms with Crippen LogP contribution in [0.3, 0.4) is 0 Å². The third-order valence-electron chi connectivity index (χ3n) is 3.81. The second-order valence-corrected chi connectivity index (χ2v) is 5.04. The van der Waals surface area contributed by atoms with Gasteiger partial charge in [-0.3, -0.25) is 9.88 Å². The first kappa shape index (κ1) is 13.3. The van der Waals surface area contributed by atoms with Crippen molar-refractivity contribution in [2.75, 3.05) is 19.8 Å². The topological polar surface area (TPSA) is 71.9 Å². The summed E-state index contributed by atoms with van der Waals surface area (Å²) in [4.78, 5) is 17.3. The molecule has 6 nitrogen and oxygen atoms in total. The summed E-state index contributed by atoms with van der Waals surface area (Å²) in [5.74, 6) is 0. The fraction of sp³-hybridized carbons (Fsp3) is 0.571. The minimum atomic E-state index is -0.889. The van der Waals surface area contributed by atoms with Crippen molar-refractivity contribution in [1.29, 1.82) is 0 Å². The van der Waals surface area contributed by atoms with Crippen LogP contribution in [0.4, 0.5) is 4.79 Å². The summed E-state index contributed by atoms with van der Waals surface area (Å²) in [7, 11) is 0. The molecule has 1 N–H and O–H groups in total. The van der Waals surface area contributed by atoms with Gasteiger partial charge in [0.1, 0.15) is 0 Å². The van der Waals surface area contributed by atoms with Crippen LogP contribution in [0.15, 0.2) is 18.3 Å². The van der Waals surface area contributed by atoms with Crippen molar-refractivity contribution < 1.29 is 19.4 Å². The molecular weight excluding hydrogens is 260 g/mol. The first-order valence-corrected chi connectivity index (χ1v) is 6.95. The molecule has 0 aliphatic carbocycles. The Hall–Kier alpha value is -1.66. The monoisotopic (exact) mass is 278 g/mol. The Balaban J connectivity index is 1.93. The number of hydrogen-bond acceptors (Lipinski definition) is 4. The van der Waals surface area contributed by atoms with E-state index in [-0.39, 0.29) is 6.04 Å². The van der Waals surface area contributed by atoms with Gasteiger partial charge >= 0.3 is 6.09 Å². The second kappa shape index (κ2) is 5.76. The van der Waals surface area contributed by atoms with E-state index in [1.165, 1.54) is 4.90 Å². The maximum atomic E-state index is 11.4. The number of hydrogen-bond donors (Lipinski definition) is 1. The number of carbonyl (C=O) groups is 1. The summed E-state index contributed by atoms with van der Waals surface area (Å²) in [6.07, 6.45) is 3.10. The molecule has 1 aromatic heterocycles. The first-order valence-electron chi connectivity index (χ1n) is 6.95. The van der Waals surface area contributed by atoms with Gasteiger partial charge < -0.3 is 14.6 Å². The summed E-state index contributed by atoms with van der Waals surface area (Å²) in [6.45, 7) is 1.68. The van der Waals surface area contributed by atoms with Crippen molar-refractivity contribution in [2.45, 2.75) is 31.6 Å². The highest BCUT2D eigenvalue weighted by Gasteiger charge is 2.33.